The number of hydrogen-bond acceptors (Lipinski definition) is 3. The summed E-state index contributed by atoms with van der Waals surface area (Å²) < 4.78 is 40.1. The second kappa shape index (κ2) is 4.10. The number of halogens is 3. The van der Waals surface area contributed by atoms with Crippen molar-refractivity contribution in [3.63, 3.8) is 0 Å². The molecular weight excluding hydrogens is 275 g/mol. The van der Waals surface area contributed by atoms with Crippen LogP contribution in [-0.2, 0) is 10.3 Å². The average molecular weight is 285 g/mol. The Kier molecular flexibility index (Phi) is 2.74. The monoisotopic (exact) mass is 285 g/mol. The van der Waals surface area contributed by atoms with Crippen LogP contribution in [0.15, 0.2) is 23.2 Å². The molecule has 2 nitrogen and oxygen atoms in total. The summed E-state index contributed by atoms with van der Waals surface area (Å²) in [5.41, 5.74) is -0.208. The minimum atomic E-state index is -1.47. The van der Waals surface area contributed by atoms with Crippen molar-refractivity contribution < 1.29 is 18.0 Å². The van der Waals surface area contributed by atoms with E-state index >= 15 is 0 Å². The van der Waals surface area contributed by atoms with Gasteiger partial charge in [-0.25, -0.2) is 13.2 Å². The Morgan fingerprint density at radius 1 is 1.47 bits per heavy atom. The highest BCUT2D eigenvalue weighted by Crippen LogP contribution is 2.64. The van der Waals surface area contributed by atoms with Gasteiger partial charge in [-0.2, -0.15) is 0 Å². The summed E-state index contributed by atoms with van der Waals surface area (Å²) in [5.74, 6) is -2.54. The van der Waals surface area contributed by atoms with Crippen LogP contribution in [0, 0.1) is 17.6 Å². The Labute approximate surface area is 112 Å². The number of thioether (sulfide) groups is 1. The van der Waals surface area contributed by atoms with Gasteiger partial charge in [0.25, 0.3) is 0 Å². The molecule has 1 aliphatic carbocycles. The van der Waals surface area contributed by atoms with Crippen molar-refractivity contribution in [3.05, 3.63) is 35.4 Å². The number of rotatable bonds is 3. The quantitative estimate of drug-likeness (QED) is 0.799. The first-order chi connectivity index (χ1) is 9.09. The fourth-order valence-electron chi connectivity index (χ4n) is 2.72. The summed E-state index contributed by atoms with van der Waals surface area (Å²) in [7, 11) is 0. The van der Waals surface area contributed by atoms with Crippen LogP contribution in [0.4, 0.5) is 13.2 Å². The lowest BCUT2D eigenvalue weighted by atomic mass is 9.85. The van der Waals surface area contributed by atoms with Crippen molar-refractivity contribution in [1.29, 1.82) is 0 Å². The van der Waals surface area contributed by atoms with Crippen molar-refractivity contribution >= 4 is 23.6 Å². The number of carbonyl (C=O) groups is 1. The van der Waals surface area contributed by atoms with Crippen LogP contribution in [0.3, 0.4) is 0 Å². The van der Waals surface area contributed by atoms with Gasteiger partial charge in [-0.15, -0.1) is 0 Å². The van der Waals surface area contributed by atoms with Gasteiger partial charge in [0, 0.05) is 11.5 Å². The van der Waals surface area contributed by atoms with Gasteiger partial charge in [0.05, 0.1) is 10.3 Å². The Morgan fingerprint density at radius 3 is 2.95 bits per heavy atom. The molecule has 1 heterocycles. The Hall–Kier alpha value is -1.30. The molecule has 0 N–H and O–H groups in total. The number of aliphatic imine (C=N–C) groups is 1. The Balaban J connectivity index is 2.15. The van der Waals surface area contributed by atoms with Crippen molar-refractivity contribution in [3.8, 4) is 0 Å². The first-order valence-electron chi connectivity index (χ1n) is 5.78. The second-order valence-corrected chi connectivity index (χ2v) is 6.05. The molecule has 100 valence electrons. The standard InChI is InChI=1S/C13H10F3NOS/c14-5-13(8-2-1-3-9(15)11(8)16)10-4-12(10,6-18)19-7-17-13/h1-3,6-7,10H,4-5H2/t10-,12-,13-/m1/s1. The number of fused-ring (bicyclic) bond motifs is 1. The molecule has 0 amide bonds. The highest BCUT2D eigenvalue weighted by atomic mass is 32.2. The van der Waals surface area contributed by atoms with E-state index in [9.17, 15) is 18.0 Å². The van der Waals surface area contributed by atoms with Crippen LogP contribution in [0.25, 0.3) is 0 Å². The summed E-state index contributed by atoms with van der Waals surface area (Å²) in [5, 5.41) is 0. The largest absolute Gasteiger partial charge is 0.302 e. The van der Waals surface area contributed by atoms with Crippen LogP contribution in [0.2, 0.25) is 0 Å². The molecule has 19 heavy (non-hydrogen) atoms. The molecule has 0 unspecified atom stereocenters. The summed E-state index contributed by atoms with van der Waals surface area (Å²) in [6, 6.07) is 3.64. The third kappa shape index (κ3) is 1.59. The lowest BCUT2D eigenvalue weighted by Gasteiger charge is -2.32. The maximum Gasteiger partial charge on any atom is 0.164 e. The van der Waals surface area contributed by atoms with E-state index in [1.54, 1.807) is 0 Å². The number of carbonyl (C=O) groups excluding carboxylic acids is 1. The van der Waals surface area contributed by atoms with Crippen LogP contribution in [0.5, 0.6) is 0 Å². The average Bonchev–Trinajstić information content (AvgIpc) is 3.17. The molecule has 6 heteroatoms. The van der Waals surface area contributed by atoms with E-state index in [0.717, 1.165) is 12.4 Å². The van der Waals surface area contributed by atoms with E-state index < -0.39 is 34.5 Å². The molecule has 2 aliphatic rings. The number of alkyl halides is 1. The van der Waals surface area contributed by atoms with E-state index in [0.29, 0.717) is 6.42 Å². The zero-order valence-electron chi connectivity index (χ0n) is 9.78. The summed E-state index contributed by atoms with van der Waals surface area (Å²) in [6.45, 7) is -0.954. The van der Waals surface area contributed by atoms with Crippen LogP contribution >= 0.6 is 11.8 Å². The molecule has 0 radical (unpaired) electrons. The second-order valence-electron chi connectivity index (χ2n) is 4.84. The fourth-order valence-corrected chi connectivity index (χ4v) is 3.84. The third-order valence-electron chi connectivity index (χ3n) is 3.91. The summed E-state index contributed by atoms with van der Waals surface area (Å²) >= 11 is 1.22. The third-order valence-corrected chi connectivity index (χ3v) is 5.10. The van der Waals surface area contributed by atoms with E-state index in [1.165, 1.54) is 29.4 Å². The summed E-state index contributed by atoms with van der Waals surface area (Å²) in [4.78, 5) is 15.2. The van der Waals surface area contributed by atoms with Gasteiger partial charge < -0.3 is 4.79 Å². The first kappa shape index (κ1) is 12.7. The lowest BCUT2D eigenvalue weighted by Crippen LogP contribution is -2.37. The molecule has 1 saturated carbocycles. The van der Waals surface area contributed by atoms with E-state index in [2.05, 4.69) is 4.99 Å². The van der Waals surface area contributed by atoms with Gasteiger partial charge in [0.1, 0.15) is 18.5 Å². The molecule has 1 aliphatic heterocycles. The Bertz CT molecular complexity index is 579. The highest BCUT2D eigenvalue weighted by molar-refractivity contribution is 8.14. The number of aldehydes is 1. The van der Waals surface area contributed by atoms with Gasteiger partial charge in [-0.05, 0) is 12.5 Å². The SMILES string of the molecule is O=C[C@]12C[C@H]1[C@@](CF)(c1cccc(F)c1F)N=CS2. The van der Waals surface area contributed by atoms with Crippen LogP contribution in [0.1, 0.15) is 12.0 Å². The molecular formula is C13H10F3NOS. The number of nitrogens with zero attached hydrogens (tertiary/aromatic N) is 1. The molecule has 1 fully saturated rings. The first-order valence-corrected chi connectivity index (χ1v) is 6.66. The number of hydrogen-bond donors (Lipinski definition) is 0. The lowest BCUT2D eigenvalue weighted by molar-refractivity contribution is -0.108. The van der Waals surface area contributed by atoms with Gasteiger partial charge in [-0.1, -0.05) is 23.9 Å². The van der Waals surface area contributed by atoms with Crippen molar-refractivity contribution in [2.75, 3.05) is 6.67 Å². The molecule has 1 aromatic rings. The predicted molar refractivity (Wildman–Crippen MR) is 67.0 cm³/mol. The van der Waals surface area contributed by atoms with Gasteiger partial charge in [0.15, 0.2) is 11.6 Å². The van der Waals surface area contributed by atoms with E-state index in [4.69, 9.17) is 0 Å². The zero-order chi connectivity index (χ0) is 13.7. The Morgan fingerprint density at radius 2 is 2.26 bits per heavy atom. The number of benzene rings is 1. The molecule has 0 bridgehead atoms. The smallest absolute Gasteiger partial charge is 0.164 e. The topological polar surface area (TPSA) is 29.4 Å². The summed E-state index contributed by atoms with van der Waals surface area (Å²) in [6.07, 6.45) is 1.19. The zero-order valence-corrected chi connectivity index (χ0v) is 10.6. The van der Waals surface area contributed by atoms with Gasteiger partial charge in [-0.3, -0.25) is 4.99 Å². The molecule has 0 saturated heterocycles. The van der Waals surface area contributed by atoms with Gasteiger partial charge in [0.2, 0.25) is 0 Å². The maximum absolute atomic E-state index is 13.9. The van der Waals surface area contributed by atoms with Crippen molar-refractivity contribution in [2.24, 2.45) is 10.9 Å². The predicted octanol–water partition coefficient (Wildman–Crippen LogP) is 2.86. The van der Waals surface area contributed by atoms with Crippen LogP contribution in [-0.4, -0.2) is 23.3 Å². The molecule has 3 atom stereocenters. The van der Waals surface area contributed by atoms with Crippen molar-refractivity contribution in [1.82, 2.24) is 0 Å². The van der Waals surface area contributed by atoms with Gasteiger partial charge >= 0.3 is 0 Å². The van der Waals surface area contributed by atoms with E-state index in [-0.39, 0.29) is 5.56 Å². The minimum absolute atomic E-state index is 0.111. The minimum Gasteiger partial charge on any atom is -0.302 e. The molecule has 0 aromatic heterocycles. The molecule has 1 aromatic carbocycles. The normalized spacial score (nSPS) is 35.8. The molecule has 3 rings (SSSR count). The maximum atomic E-state index is 13.9. The van der Waals surface area contributed by atoms with Crippen molar-refractivity contribution in [2.45, 2.75) is 16.7 Å². The fraction of sp³-hybridized carbons (Fsp3) is 0.385. The highest BCUT2D eigenvalue weighted by Gasteiger charge is 2.67. The van der Waals surface area contributed by atoms with E-state index in [1.807, 2.05) is 0 Å². The molecule has 0 spiro atoms. The van der Waals surface area contributed by atoms with Crippen LogP contribution < -0.4 is 0 Å².